The van der Waals surface area contributed by atoms with E-state index in [9.17, 15) is 18.3 Å². The molecule has 0 bridgehead atoms. The average Bonchev–Trinajstić information content (AvgIpc) is 3.24. The van der Waals surface area contributed by atoms with Crippen molar-refractivity contribution in [2.24, 2.45) is 5.41 Å². The second kappa shape index (κ2) is 12.9. The third kappa shape index (κ3) is 8.40. The molecular formula is C29H33F3N4O3. The minimum absolute atomic E-state index is 0.0249. The van der Waals surface area contributed by atoms with Crippen molar-refractivity contribution in [1.82, 2.24) is 14.5 Å². The summed E-state index contributed by atoms with van der Waals surface area (Å²) in [7, 11) is 0. The molecule has 1 aliphatic rings. The van der Waals surface area contributed by atoms with Crippen LogP contribution in [0.3, 0.4) is 0 Å². The number of halogens is 3. The van der Waals surface area contributed by atoms with Crippen molar-refractivity contribution in [2.75, 3.05) is 19.7 Å². The van der Waals surface area contributed by atoms with Crippen LogP contribution in [0.1, 0.15) is 46.6 Å². The van der Waals surface area contributed by atoms with Crippen LogP contribution in [0.4, 0.5) is 13.2 Å². The van der Waals surface area contributed by atoms with E-state index in [4.69, 9.17) is 15.2 Å². The van der Waals surface area contributed by atoms with E-state index in [-0.39, 0.29) is 12.0 Å². The van der Waals surface area contributed by atoms with Crippen molar-refractivity contribution in [3.63, 3.8) is 0 Å². The number of aryl methyl sites for hydroxylation is 2. The van der Waals surface area contributed by atoms with Gasteiger partial charge in [0.1, 0.15) is 5.82 Å². The maximum absolute atomic E-state index is 10.6. The molecule has 4 rings (SSSR count). The first kappa shape index (κ1) is 29.9. The van der Waals surface area contributed by atoms with Crippen LogP contribution in [0.15, 0.2) is 54.7 Å². The number of nitriles is 1. The quantitative estimate of drug-likeness (QED) is 0.442. The molecule has 0 unspecified atom stereocenters. The van der Waals surface area contributed by atoms with E-state index in [1.165, 1.54) is 22.4 Å². The highest BCUT2D eigenvalue weighted by atomic mass is 19.4. The Balaban J connectivity index is 0.000000532. The number of carboxylic acid groups (broad SMARTS) is 1. The second-order valence-electron chi connectivity index (χ2n) is 10.1. The number of benzene rings is 2. The van der Waals surface area contributed by atoms with Crippen molar-refractivity contribution >= 4 is 5.97 Å². The molecule has 0 amide bonds. The Morgan fingerprint density at radius 2 is 1.72 bits per heavy atom. The van der Waals surface area contributed by atoms with E-state index in [1.807, 2.05) is 37.4 Å². The van der Waals surface area contributed by atoms with Gasteiger partial charge in [-0.15, -0.1) is 0 Å². The standard InChI is InChI=1S/C27H32N4O.C2HF3O2/c1-21-4-3-5-25(14-21)15-27(20-32)10-12-30(13-11-27)19-26-17-29-22(2)31(26)18-24-8-6-23(16-28)7-9-24;3-2(4,5)1(6)7/h3-9,14,17,32H,10-13,15,18-20H2,1-2H3;(H,6,7). The number of carbonyl (C=O) groups is 1. The third-order valence-corrected chi connectivity index (χ3v) is 7.10. The number of nitrogens with zero attached hydrogens (tertiary/aromatic N) is 4. The molecule has 1 aromatic heterocycles. The summed E-state index contributed by atoms with van der Waals surface area (Å²) in [5, 5.41) is 26.4. The fourth-order valence-corrected chi connectivity index (χ4v) is 4.79. The molecule has 208 valence electrons. The van der Waals surface area contributed by atoms with Crippen LogP contribution >= 0.6 is 0 Å². The van der Waals surface area contributed by atoms with Gasteiger partial charge in [-0.05, 0) is 74.9 Å². The predicted molar refractivity (Wildman–Crippen MR) is 140 cm³/mol. The molecule has 0 spiro atoms. The largest absolute Gasteiger partial charge is 0.490 e. The van der Waals surface area contributed by atoms with Crippen molar-refractivity contribution in [3.8, 4) is 6.07 Å². The first-order valence-electron chi connectivity index (χ1n) is 12.6. The summed E-state index contributed by atoms with van der Waals surface area (Å²) in [4.78, 5) is 15.9. The Kier molecular flexibility index (Phi) is 9.89. The minimum Gasteiger partial charge on any atom is -0.475 e. The SMILES string of the molecule is Cc1cccc(CC2(CO)CCN(Cc3cnc(C)n3Cc3ccc(C#N)cc3)CC2)c1.O=C(O)C(F)(F)F. The number of aliphatic hydroxyl groups excluding tert-OH is 1. The van der Waals surface area contributed by atoms with Gasteiger partial charge in [0, 0.05) is 25.9 Å². The minimum atomic E-state index is -5.08. The summed E-state index contributed by atoms with van der Waals surface area (Å²) >= 11 is 0. The van der Waals surface area contributed by atoms with Gasteiger partial charge in [-0.3, -0.25) is 4.90 Å². The molecule has 3 aromatic rings. The van der Waals surface area contributed by atoms with E-state index in [2.05, 4.69) is 51.7 Å². The van der Waals surface area contributed by atoms with E-state index < -0.39 is 12.1 Å². The molecule has 0 saturated carbocycles. The number of imidazole rings is 1. The van der Waals surface area contributed by atoms with Crippen molar-refractivity contribution in [1.29, 1.82) is 5.26 Å². The summed E-state index contributed by atoms with van der Waals surface area (Å²) in [6, 6.07) is 18.6. The Morgan fingerprint density at radius 3 is 2.26 bits per heavy atom. The number of aliphatic hydroxyl groups is 1. The van der Waals surface area contributed by atoms with E-state index in [0.29, 0.717) is 5.56 Å². The maximum atomic E-state index is 10.6. The number of aromatic nitrogens is 2. The number of piperidine rings is 1. The van der Waals surface area contributed by atoms with Gasteiger partial charge in [0.25, 0.3) is 0 Å². The molecule has 2 heterocycles. The van der Waals surface area contributed by atoms with Crippen LogP contribution in [-0.4, -0.2) is 56.5 Å². The van der Waals surface area contributed by atoms with Crippen LogP contribution in [0.2, 0.25) is 0 Å². The molecule has 1 aliphatic heterocycles. The summed E-state index contributed by atoms with van der Waals surface area (Å²) < 4.78 is 34.0. The van der Waals surface area contributed by atoms with Crippen LogP contribution in [0.25, 0.3) is 0 Å². The third-order valence-electron chi connectivity index (χ3n) is 7.10. The molecule has 39 heavy (non-hydrogen) atoms. The number of aliphatic carboxylic acids is 1. The highest BCUT2D eigenvalue weighted by Gasteiger charge is 2.38. The number of rotatable bonds is 7. The zero-order valence-electron chi connectivity index (χ0n) is 22.1. The number of hydrogen-bond donors (Lipinski definition) is 2. The number of alkyl halides is 3. The van der Waals surface area contributed by atoms with Crippen molar-refractivity contribution in [3.05, 3.63) is 88.5 Å². The summed E-state index contributed by atoms with van der Waals surface area (Å²) in [5.41, 5.74) is 5.64. The van der Waals surface area contributed by atoms with Gasteiger partial charge < -0.3 is 14.8 Å². The van der Waals surface area contributed by atoms with Crippen molar-refractivity contribution in [2.45, 2.75) is 52.4 Å². The normalized spacial score (nSPS) is 15.2. The zero-order valence-corrected chi connectivity index (χ0v) is 22.1. The number of carboxylic acids is 1. The second-order valence-corrected chi connectivity index (χ2v) is 10.1. The lowest BCUT2D eigenvalue weighted by Gasteiger charge is -2.41. The summed E-state index contributed by atoms with van der Waals surface area (Å²) in [5.74, 6) is -1.75. The Bertz CT molecular complexity index is 1290. The van der Waals surface area contributed by atoms with Gasteiger partial charge in [-0.25, -0.2) is 9.78 Å². The molecule has 0 atom stereocenters. The molecule has 0 radical (unpaired) electrons. The molecule has 0 aliphatic carbocycles. The molecule has 10 heteroatoms. The lowest BCUT2D eigenvalue weighted by molar-refractivity contribution is -0.192. The lowest BCUT2D eigenvalue weighted by Crippen LogP contribution is -2.43. The topological polar surface area (TPSA) is 102 Å². The zero-order chi connectivity index (χ0) is 28.6. The highest BCUT2D eigenvalue weighted by Crippen LogP contribution is 2.35. The molecule has 7 nitrogen and oxygen atoms in total. The van der Waals surface area contributed by atoms with Gasteiger partial charge in [0.05, 0.1) is 17.3 Å². The Hall–Kier alpha value is -3.68. The van der Waals surface area contributed by atoms with Crippen LogP contribution < -0.4 is 0 Å². The maximum Gasteiger partial charge on any atom is 0.490 e. The van der Waals surface area contributed by atoms with Gasteiger partial charge >= 0.3 is 12.1 Å². The van der Waals surface area contributed by atoms with E-state index in [0.717, 1.165) is 51.3 Å². The molecule has 2 N–H and O–H groups in total. The van der Waals surface area contributed by atoms with Gasteiger partial charge in [0.15, 0.2) is 0 Å². The first-order chi connectivity index (χ1) is 18.4. The van der Waals surface area contributed by atoms with Crippen LogP contribution in [0, 0.1) is 30.6 Å². The highest BCUT2D eigenvalue weighted by molar-refractivity contribution is 5.73. The number of hydrogen-bond acceptors (Lipinski definition) is 5. The van der Waals surface area contributed by atoms with Crippen LogP contribution in [-0.2, 0) is 24.3 Å². The van der Waals surface area contributed by atoms with Gasteiger partial charge in [0.2, 0.25) is 0 Å². The van der Waals surface area contributed by atoms with E-state index in [1.54, 1.807) is 0 Å². The Morgan fingerprint density at radius 1 is 1.08 bits per heavy atom. The average molecular weight is 543 g/mol. The van der Waals surface area contributed by atoms with Crippen molar-refractivity contribution < 1.29 is 28.2 Å². The monoisotopic (exact) mass is 542 g/mol. The van der Waals surface area contributed by atoms with Gasteiger partial charge in [-0.2, -0.15) is 18.4 Å². The van der Waals surface area contributed by atoms with E-state index >= 15 is 0 Å². The van der Waals surface area contributed by atoms with Gasteiger partial charge in [-0.1, -0.05) is 42.0 Å². The molecule has 1 saturated heterocycles. The summed E-state index contributed by atoms with van der Waals surface area (Å²) in [6.45, 7) is 7.99. The Labute approximate surface area is 226 Å². The molecule has 2 aromatic carbocycles. The van der Waals surface area contributed by atoms with Crippen LogP contribution in [0.5, 0.6) is 0 Å². The fourth-order valence-electron chi connectivity index (χ4n) is 4.79. The first-order valence-corrected chi connectivity index (χ1v) is 12.6. The fraction of sp³-hybridized carbons (Fsp3) is 0.414. The predicted octanol–water partition coefficient (Wildman–Crippen LogP) is 4.87. The smallest absolute Gasteiger partial charge is 0.475 e. The number of likely N-dealkylation sites (tertiary alicyclic amines) is 1. The lowest BCUT2D eigenvalue weighted by atomic mass is 9.74. The molecule has 1 fully saturated rings. The summed E-state index contributed by atoms with van der Waals surface area (Å²) in [6.07, 6.45) is -0.158. The molecular weight excluding hydrogens is 509 g/mol.